The molecule has 1 aliphatic carbocycles. The van der Waals surface area contributed by atoms with Crippen LogP contribution in [0, 0.1) is 5.92 Å². The Labute approximate surface area is 230 Å². The van der Waals surface area contributed by atoms with Crippen molar-refractivity contribution < 1.29 is 19.1 Å². The van der Waals surface area contributed by atoms with Crippen LogP contribution in [-0.2, 0) is 16.0 Å². The highest BCUT2D eigenvalue weighted by Gasteiger charge is 2.26. The summed E-state index contributed by atoms with van der Waals surface area (Å²) in [4.78, 5) is 27.9. The third-order valence-electron chi connectivity index (χ3n) is 8.82. The first-order valence-corrected chi connectivity index (χ1v) is 14.6. The van der Waals surface area contributed by atoms with Gasteiger partial charge in [0, 0.05) is 61.6 Å². The molecule has 2 amide bonds. The van der Waals surface area contributed by atoms with Gasteiger partial charge in [-0.2, -0.15) is 0 Å². The molecular weight excluding hydrogens is 490 g/mol. The Bertz CT molecular complexity index is 1280. The first-order valence-electron chi connectivity index (χ1n) is 14.6. The highest BCUT2D eigenvalue weighted by Crippen LogP contribution is 2.37. The van der Waals surface area contributed by atoms with Crippen LogP contribution in [0.1, 0.15) is 70.7 Å². The summed E-state index contributed by atoms with van der Waals surface area (Å²) in [5.41, 5.74) is 4.02. The number of ether oxygens (including phenoxy) is 2. The Kier molecular flexibility index (Phi) is 7.98. The van der Waals surface area contributed by atoms with Gasteiger partial charge in [0.15, 0.2) is 0 Å². The van der Waals surface area contributed by atoms with Crippen LogP contribution in [0.5, 0.6) is 0 Å². The summed E-state index contributed by atoms with van der Waals surface area (Å²) in [6.45, 7) is 4.92. The molecule has 7 nitrogen and oxygen atoms in total. The third kappa shape index (κ3) is 5.89. The normalized spacial score (nSPS) is 22.6. The molecular formula is C32H39N3O4. The molecule has 3 heterocycles. The summed E-state index contributed by atoms with van der Waals surface area (Å²) in [7, 11) is 0. The predicted octanol–water partition coefficient (Wildman–Crippen LogP) is 5.00. The first-order chi connectivity index (χ1) is 19.2. The largest absolute Gasteiger partial charge is 0.381 e. The van der Waals surface area contributed by atoms with E-state index in [1.807, 2.05) is 23.1 Å². The average molecular weight is 530 g/mol. The molecule has 1 saturated carbocycles. The van der Waals surface area contributed by atoms with Crippen molar-refractivity contribution in [3.63, 3.8) is 0 Å². The van der Waals surface area contributed by atoms with Gasteiger partial charge in [-0.3, -0.25) is 9.59 Å². The number of hydrogen-bond donors (Lipinski definition) is 1. The molecule has 2 aromatic carbocycles. The molecule has 3 aromatic rings. The van der Waals surface area contributed by atoms with Gasteiger partial charge in [0.25, 0.3) is 11.8 Å². The van der Waals surface area contributed by atoms with E-state index < -0.39 is 0 Å². The molecule has 0 bridgehead atoms. The maximum atomic E-state index is 13.3. The van der Waals surface area contributed by atoms with Gasteiger partial charge in [0.2, 0.25) is 0 Å². The number of morpholine rings is 1. The molecule has 3 aliphatic rings. The molecule has 6 rings (SSSR count). The summed E-state index contributed by atoms with van der Waals surface area (Å²) in [5, 5.41) is 4.20. The van der Waals surface area contributed by atoms with E-state index in [1.54, 1.807) is 0 Å². The summed E-state index contributed by atoms with van der Waals surface area (Å²) >= 11 is 0. The van der Waals surface area contributed by atoms with Gasteiger partial charge in [0.05, 0.1) is 18.8 Å². The maximum Gasteiger partial charge on any atom is 0.256 e. The zero-order valence-electron chi connectivity index (χ0n) is 22.6. The minimum Gasteiger partial charge on any atom is -0.381 e. The van der Waals surface area contributed by atoms with Crippen molar-refractivity contribution in [2.24, 2.45) is 5.92 Å². The van der Waals surface area contributed by atoms with Crippen LogP contribution in [0.15, 0.2) is 54.7 Å². The van der Waals surface area contributed by atoms with Crippen LogP contribution >= 0.6 is 0 Å². The quantitative estimate of drug-likeness (QED) is 0.488. The van der Waals surface area contributed by atoms with Gasteiger partial charge >= 0.3 is 0 Å². The summed E-state index contributed by atoms with van der Waals surface area (Å²) in [6.07, 6.45) is 8.48. The van der Waals surface area contributed by atoms with Gasteiger partial charge < -0.3 is 24.3 Å². The van der Waals surface area contributed by atoms with Gasteiger partial charge in [-0.05, 0) is 74.1 Å². The van der Waals surface area contributed by atoms with E-state index in [0.29, 0.717) is 38.1 Å². The predicted molar refractivity (Wildman–Crippen MR) is 151 cm³/mol. The molecule has 0 atom stereocenters. The minimum atomic E-state index is 0.0163. The Morgan fingerprint density at radius 1 is 0.821 bits per heavy atom. The fourth-order valence-electron chi connectivity index (χ4n) is 6.48. The SMILES string of the molecule is O=C(NC1CCOCC1)c1ccc(C2CCC(Cn3cc(C(=O)N4CCOCC4)c4ccccc43)CC2)cc1. The summed E-state index contributed by atoms with van der Waals surface area (Å²) < 4.78 is 13.1. The van der Waals surface area contributed by atoms with Crippen LogP contribution in [0.25, 0.3) is 10.9 Å². The second-order valence-electron chi connectivity index (χ2n) is 11.3. The molecule has 0 spiro atoms. The number of hydrogen-bond acceptors (Lipinski definition) is 4. The van der Waals surface area contributed by atoms with Crippen molar-refractivity contribution in [3.8, 4) is 0 Å². The molecule has 206 valence electrons. The van der Waals surface area contributed by atoms with Crippen molar-refractivity contribution in [1.29, 1.82) is 0 Å². The standard InChI is InChI=1S/C32H39N3O4/c36-31(33-27-13-17-38-18-14-27)26-11-9-25(10-12-26)24-7-5-23(6-8-24)21-35-22-29(28-3-1-2-4-30(28)35)32(37)34-15-19-39-20-16-34/h1-4,9-12,22-24,27H,5-8,13-21H2,(H,33,36). The van der Waals surface area contributed by atoms with Crippen LogP contribution in [0.2, 0.25) is 0 Å². The third-order valence-corrected chi connectivity index (χ3v) is 8.82. The van der Waals surface area contributed by atoms with Crippen LogP contribution in [0.3, 0.4) is 0 Å². The summed E-state index contributed by atoms with van der Waals surface area (Å²) in [6, 6.07) is 16.8. The van der Waals surface area contributed by atoms with E-state index in [1.165, 1.54) is 5.56 Å². The van der Waals surface area contributed by atoms with Crippen molar-refractivity contribution in [3.05, 3.63) is 71.4 Å². The van der Waals surface area contributed by atoms with Crippen molar-refractivity contribution in [2.75, 3.05) is 39.5 Å². The Hall–Kier alpha value is -3.16. The lowest BCUT2D eigenvalue weighted by Gasteiger charge is -2.29. The fraction of sp³-hybridized carbons (Fsp3) is 0.500. The van der Waals surface area contributed by atoms with Gasteiger partial charge in [-0.25, -0.2) is 0 Å². The highest BCUT2D eigenvalue weighted by molar-refractivity contribution is 6.07. The van der Waals surface area contributed by atoms with Gasteiger partial charge in [-0.1, -0.05) is 30.3 Å². The number of rotatable bonds is 6. The number of carbonyl (C=O) groups is 2. The van der Waals surface area contributed by atoms with Crippen molar-refractivity contribution in [1.82, 2.24) is 14.8 Å². The Balaban J connectivity index is 1.06. The lowest BCUT2D eigenvalue weighted by atomic mass is 9.78. The smallest absolute Gasteiger partial charge is 0.256 e. The number of nitrogens with zero attached hydrogens (tertiary/aromatic N) is 2. The molecule has 7 heteroatoms. The topological polar surface area (TPSA) is 72.8 Å². The minimum absolute atomic E-state index is 0.0163. The molecule has 39 heavy (non-hydrogen) atoms. The number of amides is 2. The Morgan fingerprint density at radius 2 is 1.51 bits per heavy atom. The number of para-hydroxylation sites is 1. The van der Waals surface area contributed by atoms with Crippen LogP contribution in [0.4, 0.5) is 0 Å². The first kappa shape index (κ1) is 26.1. The number of fused-ring (bicyclic) bond motifs is 1. The number of aromatic nitrogens is 1. The zero-order valence-corrected chi connectivity index (χ0v) is 22.6. The molecule has 1 N–H and O–H groups in total. The molecule has 2 saturated heterocycles. The van der Waals surface area contributed by atoms with Gasteiger partial charge in [-0.15, -0.1) is 0 Å². The van der Waals surface area contributed by atoms with Crippen molar-refractivity contribution >= 4 is 22.7 Å². The lowest BCUT2D eigenvalue weighted by molar-refractivity contribution is 0.0304. The van der Waals surface area contributed by atoms with E-state index in [2.05, 4.69) is 46.4 Å². The Morgan fingerprint density at radius 3 is 2.26 bits per heavy atom. The molecule has 0 unspecified atom stereocenters. The zero-order chi connectivity index (χ0) is 26.6. The fourth-order valence-corrected chi connectivity index (χ4v) is 6.48. The molecule has 2 aliphatic heterocycles. The van der Waals surface area contributed by atoms with E-state index in [4.69, 9.17) is 9.47 Å². The van der Waals surface area contributed by atoms with Gasteiger partial charge in [0.1, 0.15) is 0 Å². The molecule has 0 radical (unpaired) electrons. The second kappa shape index (κ2) is 11.9. The second-order valence-corrected chi connectivity index (χ2v) is 11.3. The van der Waals surface area contributed by atoms with E-state index in [9.17, 15) is 9.59 Å². The lowest BCUT2D eigenvalue weighted by Crippen LogP contribution is -2.40. The van der Waals surface area contributed by atoms with Crippen LogP contribution in [-0.4, -0.2) is 66.8 Å². The highest BCUT2D eigenvalue weighted by atomic mass is 16.5. The average Bonchev–Trinajstić information content (AvgIpc) is 3.36. The number of carbonyl (C=O) groups excluding carboxylic acids is 2. The van der Waals surface area contributed by atoms with Crippen molar-refractivity contribution in [2.45, 2.75) is 57.0 Å². The summed E-state index contributed by atoms with van der Waals surface area (Å²) in [5.74, 6) is 1.26. The van der Waals surface area contributed by atoms with E-state index in [0.717, 1.165) is 80.3 Å². The monoisotopic (exact) mass is 529 g/mol. The molecule has 3 fully saturated rings. The molecule has 1 aromatic heterocycles. The number of nitrogens with one attached hydrogen (secondary N) is 1. The van der Waals surface area contributed by atoms with E-state index in [-0.39, 0.29) is 17.9 Å². The maximum absolute atomic E-state index is 13.3. The van der Waals surface area contributed by atoms with Crippen LogP contribution < -0.4 is 5.32 Å². The van der Waals surface area contributed by atoms with E-state index >= 15 is 0 Å². The number of benzene rings is 2.